The molecular weight excluding hydrogens is 435 g/mol. The molecule has 1 heterocycles. The fourth-order valence-electron chi connectivity index (χ4n) is 2.95. The van der Waals surface area contributed by atoms with E-state index < -0.39 is 6.10 Å². The number of nitrogens with one attached hydrogen (secondary N) is 1. The van der Waals surface area contributed by atoms with Gasteiger partial charge in [-0.3, -0.25) is 4.79 Å². The zero-order valence-corrected chi connectivity index (χ0v) is 19.5. The van der Waals surface area contributed by atoms with E-state index in [2.05, 4.69) is 15.5 Å². The molecule has 2 aromatic carbocycles. The van der Waals surface area contributed by atoms with Gasteiger partial charge in [0.05, 0.1) is 5.75 Å². The minimum absolute atomic E-state index is 0.0769. The second kappa shape index (κ2) is 10.7. The molecule has 0 aliphatic carbocycles. The molecule has 0 aliphatic rings. The molecule has 0 saturated heterocycles. The number of aromatic nitrogens is 3. The third-order valence-corrected chi connectivity index (χ3v) is 6.05. The van der Waals surface area contributed by atoms with Crippen LogP contribution in [0.15, 0.2) is 58.6 Å². The van der Waals surface area contributed by atoms with Gasteiger partial charge in [-0.2, -0.15) is 0 Å². The standard InChI is InChI=1S/C22H25FN4O2S2/c1-14(2)27-21(15(3)29-18-10-8-16(23)9-11-18)25-26-22(27)31-13-20(28)24-17-6-5-7-19(12-17)30-4/h5-12,14-15H,13H2,1-4H3,(H,24,28). The number of hydrogen-bond donors (Lipinski definition) is 1. The highest BCUT2D eigenvalue weighted by molar-refractivity contribution is 7.99. The molecule has 31 heavy (non-hydrogen) atoms. The average Bonchev–Trinajstić information content (AvgIpc) is 3.18. The highest BCUT2D eigenvalue weighted by Crippen LogP contribution is 2.28. The lowest BCUT2D eigenvalue weighted by molar-refractivity contribution is -0.113. The molecule has 1 amide bonds. The maximum Gasteiger partial charge on any atom is 0.234 e. The van der Waals surface area contributed by atoms with Crippen molar-refractivity contribution in [1.82, 2.24) is 14.8 Å². The summed E-state index contributed by atoms with van der Waals surface area (Å²) in [5.74, 6) is 0.978. The number of amides is 1. The molecule has 0 spiro atoms. The Morgan fingerprint density at radius 2 is 1.90 bits per heavy atom. The summed E-state index contributed by atoms with van der Waals surface area (Å²) in [6.07, 6.45) is 1.60. The van der Waals surface area contributed by atoms with Crippen LogP contribution in [0.3, 0.4) is 0 Å². The second-order valence-corrected chi connectivity index (χ2v) is 8.91. The lowest BCUT2D eigenvalue weighted by Crippen LogP contribution is -2.16. The van der Waals surface area contributed by atoms with Crippen molar-refractivity contribution >= 4 is 35.1 Å². The largest absolute Gasteiger partial charge is 0.483 e. The number of rotatable bonds is 9. The molecule has 0 saturated carbocycles. The second-order valence-electron chi connectivity index (χ2n) is 7.09. The molecule has 0 aliphatic heterocycles. The van der Waals surface area contributed by atoms with Gasteiger partial charge < -0.3 is 14.6 Å². The van der Waals surface area contributed by atoms with Crippen LogP contribution in [0.1, 0.15) is 38.7 Å². The van der Waals surface area contributed by atoms with E-state index in [1.54, 1.807) is 23.9 Å². The summed E-state index contributed by atoms with van der Waals surface area (Å²) >= 11 is 2.95. The summed E-state index contributed by atoms with van der Waals surface area (Å²) in [7, 11) is 0. The molecule has 3 aromatic rings. The summed E-state index contributed by atoms with van der Waals surface area (Å²) < 4.78 is 21.0. The summed E-state index contributed by atoms with van der Waals surface area (Å²) in [4.78, 5) is 13.5. The first-order valence-corrected chi connectivity index (χ1v) is 12.0. The van der Waals surface area contributed by atoms with Gasteiger partial charge in [-0.15, -0.1) is 22.0 Å². The Hall–Kier alpha value is -2.52. The van der Waals surface area contributed by atoms with Crippen LogP contribution in [0.2, 0.25) is 0 Å². The van der Waals surface area contributed by atoms with E-state index in [1.807, 2.05) is 55.9 Å². The van der Waals surface area contributed by atoms with Gasteiger partial charge in [0.15, 0.2) is 17.1 Å². The first-order valence-electron chi connectivity index (χ1n) is 9.81. The van der Waals surface area contributed by atoms with E-state index >= 15 is 0 Å². The zero-order valence-electron chi connectivity index (χ0n) is 17.8. The van der Waals surface area contributed by atoms with Crippen LogP contribution < -0.4 is 10.1 Å². The summed E-state index contributed by atoms with van der Waals surface area (Å²) in [6.45, 7) is 5.91. The fourth-order valence-corrected chi connectivity index (χ4v) is 4.28. The molecule has 1 aromatic heterocycles. The van der Waals surface area contributed by atoms with E-state index in [0.717, 1.165) is 10.6 Å². The van der Waals surface area contributed by atoms with E-state index in [0.29, 0.717) is 16.7 Å². The molecule has 6 nitrogen and oxygen atoms in total. The number of ether oxygens (including phenoxy) is 1. The molecule has 0 radical (unpaired) electrons. The normalized spacial score (nSPS) is 12.1. The van der Waals surface area contributed by atoms with Crippen LogP contribution in [0.25, 0.3) is 0 Å². The number of anilines is 1. The number of halogens is 1. The van der Waals surface area contributed by atoms with Crippen LogP contribution in [-0.2, 0) is 4.79 Å². The average molecular weight is 461 g/mol. The number of nitrogens with zero attached hydrogens (tertiary/aromatic N) is 3. The van der Waals surface area contributed by atoms with Crippen LogP contribution in [0.4, 0.5) is 10.1 Å². The molecule has 0 fully saturated rings. The van der Waals surface area contributed by atoms with Crippen molar-refractivity contribution in [3.8, 4) is 5.75 Å². The van der Waals surface area contributed by atoms with Crippen molar-refractivity contribution in [2.75, 3.05) is 17.3 Å². The van der Waals surface area contributed by atoms with Crippen LogP contribution in [0.5, 0.6) is 5.75 Å². The molecule has 1 unspecified atom stereocenters. The lowest BCUT2D eigenvalue weighted by Gasteiger charge is -2.18. The number of carbonyl (C=O) groups excluding carboxylic acids is 1. The van der Waals surface area contributed by atoms with E-state index in [1.165, 1.54) is 23.9 Å². The summed E-state index contributed by atoms with van der Waals surface area (Å²) in [5, 5.41) is 12.1. The quantitative estimate of drug-likeness (QED) is 0.420. The van der Waals surface area contributed by atoms with Crippen LogP contribution in [-0.4, -0.2) is 32.7 Å². The predicted molar refractivity (Wildman–Crippen MR) is 123 cm³/mol. The number of thioether (sulfide) groups is 2. The minimum Gasteiger partial charge on any atom is -0.483 e. The highest BCUT2D eigenvalue weighted by atomic mass is 32.2. The van der Waals surface area contributed by atoms with Gasteiger partial charge in [-0.25, -0.2) is 4.39 Å². The molecule has 1 N–H and O–H groups in total. The van der Waals surface area contributed by atoms with E-state index in [4.69, 9.17) is 4.74 Å². The Bertz CT molecular complexity index is 1020. The maximum atomic E-state index is 13.1. The minimum atomic E-state index is -0.391. The summed E-state index contributed by atoms with van der Waals surface area (Å²) in [6, 6.07) is 13.7. The lowest BCUT2D eigenvalue weighted by atomic mass is 10.3. The van der Waals surface area contributed by atoms with E-state index in [-0.39, 0.29) is 23.5 Å². The van der Waals surface area contributed by atoms with Gasteiger partial charge in [-0.1, -0.05) is 17.8 Å². The first kappa shape index (κ1) is 23.1. The molecular formula is C22H25FN4O2S2. The monoisotopic (exact) mass is 460 g/mol. The number of benzene rings is 2. The first-order chi connectivity index (χ1) is 14.9. The third kappa shape index (κ3) is 6.24. The zero-order chi connectivity index (χ0) is 22.4. The molecule has 9 heteroatoms. The maximum absolute atomic E-state index is 13.1. The third-order valence-electron chi connectivity index (χ3n) is 4.38. The number of hydrogen-bond acceptors (Lipinski definition) is 6. The van der Waals surface area contributed by atoms with Crippen molar-refractivity contribution in [1.29, 1.82) is 0 Å². The van der Waals surface area contributed by atoms with Gasteiger partial charge in [0.1, 0.15) is 11.6 Å². The van der Waals surface area contributed by atoms with Gasteiger partial charge in [-0.05, 0) is 69.5 Å². The van der Waals surface area contributed by atoms with Crippen molar-refractivity contribution < 1.29 is 13.9 Å². The van der Waals surface area contributed by atoms with Gasteiger partial charge in [0.25, 0.3) is 0 Å². The van der Waals surface area contributed by atoms with E-state index in [9.17, 15) is 9.18 Å². The van der Waals surface area contributed by atoms with Gasteiger partial charge in [0, 0.05) is 16.6 Å². The SMILES string of the molecule is CSc1cccc(NC(=O)CSc2nnc(C(C)Oc3ccc(F)cc3)n2C(C)C)c1. The molecule has 164 valence electrons. The topological polar surface area (TPSA) is 69.0 Å². The number of carbonyl (C=O) groups is 1. The van der Waals surface area contributed by atoms with Crippen LogP contribution in [0, 0.1) is 5.82 Å². The molecule has 1 atom stereocenters. The Kier molecular flexibility index (Phi) is 7.97. The Labute approximate surface area is 190 Å². The van der Waals surface area contributed by atoms with Crippen molar-refractivity contribution in [3.05, 3.63) is 60.2 Å². The van der Waals surface area contributed by atoms with Crippen molar-refractivity contribution in [2.24, 2.45) is 0 Å². The predicted octanol–water partition coefficient (Wildman–Crippen LogP) is 5.59. The van der Waals surface area contributed by atoms with Crippen molar-refractivity contribution in [2.45, 2.75) is 43.0 Å². The van der Waals surface area contributed by atoms with Gasteiger partial charge >= 0.3 is 0 Å². The highest BCUT2D eigenvalue weighted by Gasteiger charge is 2.22. The van der Waals surface area contributed by atoms with Crippen molar-refractivity contribution in [3.63, 3.8) is 0 Å². The van der Waals surface area contributed by atoms with Gasteiger partial charge in [0.2, 0.25) is 5.91 Å². The Morgan fingerprint density at radius 1 is 1.16 bits per heavy atom. The van der Waals surface area contributed by atoms with Crippen LogP contribution >= 0.6 is 23.5 Å². The molecule has 0 bridgehead atoms. The molecule has 3 rings (SSSR count). The Balaban J connectivity index is 1.66. The fraction of sp³-hybridized carbons (Fsp3) is 0.318. The smallest absolute Gasteiger partial charge is 0.234 e. The summed E-state index contributed by atoms with van der Waals surface area (Å²) in [5.41, 5.74) is 0.768. The Morgan fingerprint density at radius 3 is 2.58 bits per heavy atom.